The number of aryl methyl sites for hydroxylation is 1. The number of rotatable bonds is 9. The van der Waals surface area contributed by atoms with Gasteiger partial charge in [0.25, 0.3) is 0 Å². The Labute approximate surface area is 217 Å². The van der Waals surface area contributed by atoms with Crippen LogP contribution in [0.4, 0.5) is 5.69 Å². The quantitative estimate of drug-likeness (QED) is 0.506. The van der Waals surface area contributed by atoms with E-state index in [4.69, 9.17) is 23.2 Å². The largest absolute Gasteiger partial charge is 0.352 e. The zero-order valence-electron chi connectivity index (χ0n) is 20.1. The fourth-order valence-corrected chi connectivity index (χ4v) is 5.45. The lowest BCUT2D eigenvalue weighted by atomic mass is 10.1. The van der Waals surface area contributed by atoms with Crippen molar-refractivity contribution in [2.75, 3.05) is 17.1 Å². The number of benzene rings is 2. The minimum Gasteiger partial charge on any atom is -0.352 e. The minimum atomic E-state index is -3.89. The van der Waals surface area contributed by atoms with E-state index in [-0.39, 0.29) is 34.2 Å². The summed E-state index contributed by atoms with van der Waals surface area (Å²) in [4.78, 5) is 28.1. The molecule has 0 radical (unpaired) electrons. The van der Waals surface area contributed by atoms with Gasteiger partial charge in [-0.2, -0.15) is 0 Å². The molecule has 1 aliphatic rings. The van der Waals surface area contributed by atoms with Gasteiger partial charge in [0, 0.05) is 12.6 Å². The summed E-state index contributed by atoms with van der Waals surface area (Å²) in [7, 11) is -3.89. The van der Waals surface area contributed by atoms with Gasteiger partial charge in [0.15, 0.2) is 0 Å². The maximum Gasteiger partial charge on any atom is 0.244 e. The zero-order valence-corrected chi connectivity index (χ0v) is 22.5. The molecule has 0 unspecified atom stereocenters. The van der Waals surface area contributed by atoms with Crippen LogP contribution >= 0.6 is 23.2 Å². The molecule has 1 fully saturated rings. The van der Waals surface area contributed by atoms with Crippen LogP contribution in [-0.2, 0) is 26.2 Å². The van der Waals surface area contributed by atoms with E-state index in [1.54, 1.807) is 13.0 Å². The van der Waals surface area contributed by atoms with Crippen LogP contribution in [-0.4, -0.2) is 50.0 Å². The van der Waals surface area contributed by atoms with Crippen molar-refractivity contribution in [3.63, 3.8) is 0 Å². The van der Waals surface area contributed by atoms with E-state index < -0.39 is 28.5 Å². The van der Waals surface area contributed by atoms with E-state index in [1.165, 1.54) is 17.0 Å². The van der Waals surface area contributed by atoms with E-state index in [0.29, 0.717) is 0 Å². The van der Waals surface area contributed by atoms with E-state index in [0.717, 1.165) is 47.4 Å². The van der Waals surface area contributed by atoms with Crippen LogP contribution in [0, 0.1) is 6.92 Å². The highest BCUT2D eigenvalue weighted by Crippen LogP contribution is 2.33. The summed E-state index contributed by atoms with van der Waals surface area (Å²) in [5, 5.41) is 3.24. The second kappa shape index (κ2) is 11.6. The van der Waals surface area contributed by atoms with Gasteiger partial charge in [-0.3, -0.25) is 13.9 Å². The Morgan fingerprint density at radius 2 is 1.71 bits per heavy atom. The molecule has 190 valence electrons. The summed E-state index contributed by atoms with van der Waals surface area (Å²) in [6.45, 7) is 3.25. The van der Waals surface area contributed by atoms with Crippen LogP contribution in [0.25, 0.3) is 0 Å². The number of nitrogens with zero attached hydrogens (tertiary/aromatic N) is 2. The third-order valence-electron chi connectivity index (χ3n) is 6.22. The van der Waals surface area contributed by atoms with E-state index in [1.807, 2.05) is 31.2 Å². The third kappa shape index (κ3) is 7.12. The second-order valence-corrected chi connectivity index (χ2v) is 11.7. The molecule has 0 bridgehead atoms. The van der Waals surface area contributed by atoms with Crippen molar-refractivity contribution in [3.8, 4) is 0 Å². The molecule has 1 N–H and O–H groups in total. The predicted octanol–water partition coefficient (Wildman–Crippen LogP) is 4.54. The van der Waals surface area contributed by atoms with Crippen molar-refractivity contribution in [1.29, 1.82) is 0 Å². The van der Waals surface area contributed by atoms with Gasteiger partial charge in [0.1, 0.15) is 12.6 Å². The minimum absolute atomic E-state index is 0.0319. The maximum absolute atomic E-state index is 13.6. The molecule has 0 saturated heterocycles. The molecule has 3 rings (SSSR count). The van der Waals surface area contributed by atoms with Gasteiger partial charge in [-0.15, -0.1) is 0 Å². The van der Waals surface area contributed by atoms with Gasteiger partial charge in [0.05, 0.1) is 22.0 Å². The average molecular weight is 541 g/mol. The van der Waals surface area contributed by atoms with Gasteiger partial charge in [-0.1, -0.05) is 71.9 Å². The van der Waals surface area contributed by atoms with Crippen LogP contribution < -0.4 is 9.62 Å². The Morgan fingerprint density at radius 1 is 1.09 bits per heavy atom. The Hall–Kier alpha value is -2.29. The molecule has 35 heavy (non-hydrogen) atoms. The average Bonchev–Trinajstić information content (AvgIpc) is 3.31. The molecule has 0 aromatic heterocycles. The number of sulfonamides is 1. The monoisotopic (exact) mass is 539 g/mol. The summed E-state index contributed by atoms with van der Waals surface area (Å²) in [6.07, 6.45) is 4.96. The standard InChI is InChI=1S/C25H31Cl2N3O4S/c1-17-11-13-19(14-12-17)15-29(18(2)25(32)28-20-7-4-5-8-20)23(31)16-30(35(3,33)34)22-10-6-9-21(26)24(22)27/h6,9-14,18,20H,4-5,7-8,15-16H2,1-3H3,(H,28,32)/t18-/m0/s1. The van der Waals surface area contributed by atoms with Crippen molar-refractivity contribution < 1.29 is 18.0 Å². The van der Waals surface area contributed by atoms with Crippen molar-refractivity contribution in [3.05, 3.63) is 63.6 Å². The normalized spacial score (nSPS) is 15.0. The highest BCUT2D eigenvalue weighted by Gasteiger charge is 2.32. The zero-order chi connectivity index (χ0) is 25.8. The Bertz CT molecular complexity index is 1170. The third-order valence-corrected chi connectivity index (χ3v) is 8.16. The number of carbonyl (C=O) groups excluding carboxylic acids is 2. The Morgan fingerprint density at radius 3 is 2.31 bits per heavy atom. The predicted molar refractivity (Wildman–Crippen MR) is 140 cm³/mol. The molecule has 1 atom stereocenters. The smallest absolute Gasteiger partial charge is 0.244 e. The van der Waals surface area contributed by atoms with Crippen LogP contribution in [0.3, 0.4) is 0 Å². The van der Waals surface area contributed by atoms with Gasteiger partial charge in [-0.05, 0) is 44.4 Å². The van der Waals surface area contributed by atoms with Gasteiger partial charge >= 0.3 is 0 Å². The number of halogens is 2. The van der Waals surface area contributed by atoms with Crippen molar-refractivity contribution in [1.82, 2.24) is 10.2 Å². The van der Waals surface area contributed by atoms with Crippen LogP contribution in [0.5, 0.6) is 0 Å². The maximum atomic E-state index is 13.6. The van der Waals surface area contributed by atoms with Gasteiger partial charge in [-0.25, -0.2) is 8.42 Å². The van der Waals surface area contributed by atoms with E-state index >= 15 is 0 Å². The fraction of sp³-hybridized carbons (Fsp3) is 0.440. The number of carbonyl (C=O) groups is 2. The number of anilines is 1. The molecule has 0 aliphatic heterocycles. The first-order valence-corrected chi connectivity index (χ1v) is 14.1. The van der Waals surface area contributed by atoms with Gasteiger partial charge in [0.2, 0.25) is 21.8 Å². The van der Waals surface area contributed by atoms with Crippen molar-refractivity contribution >= 4 is 50.7 Å². The fourth-order valence-electron chi connectivity index (χ4n) is 4.14. The molecule has 7 nitrogen and oxygen atoms in total. The summed E-state index contributed by atoms with van der Waals surface area (Å²) in [5.74, 6) is -0.787. The lowest BCUT2D eigenvalue weighted by molar-refractivity contribution is -0.139. The molecule has 2 aromatic carbocycles. The molecular weight excluding hydrogens is 509 g/mol. The Balaban J connectivity index is 1.90. The van der Waals surface area contributed by atoms with Crippen molar-refractivity contribution in [2.24, 2.45) is 0 Å². The number of nitrogens with one attached hydrogen (secondary N) is 1. The summed E-state index contributed by atoms with van der Waals surface area (Å²) < 4.78 is 26.2. The van der Waals surface area contributed by atoms with Crippen LogP contribution in [0.15, 0.2) is 42.5 Å². The molecule has 0 heterocycles. The molecule has 1 aliphatic carbocycles. The first kappa shape index (κ1) is 27.3. The first-order chi connectivity index (χ1) is 16.5. The number of amides is 2. The SMILES string of the molecule is Cc1ccc(CN(C(=O)CN(c2cccc(Cl)c2Cl)S(C)(=O)=O)[C@@H](C)C(=O)NC2CCCC2)cc1. The van der Waals surface area contributed by atoms with Gasteiger partial charge < -0.3 is 10.2 Å². The summed E-state index contributed by atoms with van der Waals surface area (Å²) in [6, 6.07) is 11.5. The Kier molecular flexibility index (Phi) is 9.07. The van der Waals surface area contributed by atoms with Crippen LogP contribution in [0.1, 0.15) is 43.7 Å². The summed E-state index contributed by atoms with van der Waals surface area (Å²) in [5.41, 5.74) is 2.00. The summed E-state index contributed by atoms with van der Waals surface area (Å²) >= 11 is 12.4. The van der Waals surface area contributed by atoms with Crippen LogP contribution in [0.2, 0.25) is 10.0 Å². The number of hydrogen-bond acceptors (Lipinski definition) is 4. The van der Waals surface area contributed by atoms with E-state index in [9.17, 15) is 18.0 Å². The van der Waals surface area contributed by atoms with E-state index in [2.05, 4.69) is 5.32 Å². The highest BCUT2D eigenvalue weighted by molar-refractivity contribution is 7.92. The molecular formula is C25H31Cl2N3O4S. The molecule has 2 aromatic rings. The topological polar surface area (TPSA) is 86.8 Å². The lowest BCUT2D eigenvalue weighted by Crippen LogP contribution is -2.52. The second-order valence-electron chi connectivity index (χ2n) is 9.02. The first-order valence-electron chi connectivity index (χ1n) is 11.5. The molecule has 1 saturated carbocycles. The lowest BCUT2D eigenvalue weighted by Gasteiger charge is -2.32. The number of hydrogen-bond donors (Lipinski definition) is 1. The molecule has 0 spiro atoms. The molecule has 2 amide bonds. The molecule has 10 heteroatoms. The highest BCUT2D eigenvalue weighted by atomic mass is 35.5. The van der Waals surface area contributed by atoms with Crippen molar-refractivity contribution in [2.45, 2.75) is 58.2 Å².